The van der Waals surface area contributed by atoms with Crippen LogP contribution in [0.3, 0.4) is 0 Å². The first-order valence-electron chi connectivity index (χ1n) is 11.2. The van der Waals surface area contributed by atoms with E-state index in [1.165, 1.54) is 11.8 Å². The number of hydrogen-bond acceptors (Lipinski definition) is 6. The third-order valence-corrected chi connectivity index (χ3v) is 6.52. The number of benzene rings is 3. The Morgan fingerprint density at radius 3 is 2.31 bits per heavy atom. The van der Waals surface area contributed by atoms with E-state index in [9.17, 15) is 10.1 Å². The van der Waals surface area contributed by atoms with Gasteiger partial charge < -0.3 is 14.8 Å². The minimum Gasteiger partial charge on any atom is -0.497 e. The number of pyridine rings is 1. The van der Waals surface area contributed by atoms with Gasteiger partial charge in [0.15, 0.2) is 0 Å². The number of rotatable bonds is 8. The first kappa shape index (κ1) is 24.8. The lowest BCUT2D eigenvalue weighted by molar-refractivity contribution is -0.113. The number of aryl methyl sites for hydroxylation is 1. The molecular weight excluding hydrogens is 470 g/mol. The number of nitrogens with zero attached hydrogens (tertiary/aromatic N) is 2. The van der Waals surface area contributed by atoms with Crippen molar-refractivity contribution in [1.29, 1.82) is 5.26 Å². The van der Waals surface area contributed by atoms with E-state index in [1.54, 1.807) is 26.4 Å². The Morgan fingerprint density at radius 2 is 1.64 bits per heavy atom. The summed E-state index contributed by atoms with van der Waals surface area (Å²) in [5.41, 5.74) is 5.49. The molecular formula is C29H25N3O3S. The smallest absolute Gasteiger partial charge is 0.234 e. The van der Waals surface area contributed by atoms with Gasteiger partial charge in [0.25, 0.3) is 0 Å². The van der Waals surface area contributed by atoms with Gasteiger partial charge in [0.05, 0.1) is 31.2 Å². The molecule has 1 N–H and O–H groups in total. The second-order valence-corrected chi connectivity index (χ2v) is 8.97. The van der Waals surface area contributed by atoms with Crippen LogP contribution in [0, 0.1) is 18.3 Å². The molecule has 36 heavy (non-hydrogen) atoms. The molecule has 0 aliphatic heterocycles. The van der Waals surface area contributed by atoms with Gasteiger partial charge in [0.1, 0.15) is 22.6 Å². The number of carbonyl (C=O) groups is 1. The maximum Gasteiger partial charge on any atom is 0.234 e. The highest BCUT2D eigenvalue weighted by atomic mass is 32.2. The molecule has 4 aromatic rings. The fourth-order valence-electron chi connectivity index (χ4n) is 3.64. The largest absolute Gasteiger partial charge is 0.497 e. The van der Waals surface area contributed by atoms with Crippen LogP contribution in [-0.2, 0) is 4.79 Å². The second kappa shape index (κ2) is 11.4. The molecule has 0 saturated carbocycles. The molecule has 0 radical (unpaired) electrons. The van der Waals surface area contributed by atoms with Crippen molar-refractivity contribution in [2.45, 2.75) is 11.9 Å². The van der Waals surface area contributed by atoms with Crippen LogP contribution in [-0.4, -0.2) is 30.9 Å². The molecule has 4 rings (SSSR count). The van der Waals surface area contributed by atoms with Crippen molar-refractivity contribution in [3.05, 3.63) is 90.0 Å². The minimum absolute atomic E-state index is 0.0955. The van der Waals surface area contributed by atoms with Crippen LogP contribution >= 0.6 is 11.8 Å². The van der Waals surface area contributed by atoms with Crippen molar-refractivity contribution in [1.82, 2.24) is 4.98 Å². The van der Waals surface area contributed by atoms with E-state index in [2.05, 4.69) is 11.4 Å². The molecule has 0 fully saturated rings. The zero-order valence-electron chi connectivity index (χ0n) is 20.2. The summed E-state index contributed by atoms with van der Waals surface area (Å²) in [6.45, 7) is 2.02. The van der Waals surface area contributed by atoms with Crippen LogP contribution in [0.15, 0.2) is 83.9 Å². The molecule has 1 heterocycles. The highest BCUT2D eigenvalue weighted by molar-refractivity contribution is 8.00. The number of nitriles is 1. The van der Waals surface area contributed by atoms with E-state index < -0.39 is 0 Å². The molecule has 1 amide bonds. The molecule has 180 valence electrons. The van der Waals surface area contributed by atoms with Gasteiger partial charge in [-0.3, -0.25) is 4.79 Å². The summed E-state index contributed by atoms with van der Waals surface area (Å²) < 4.78 is 10.5. The number of anilines is 1. The number of thioether (sulfide) groups is 1. The van der Waals surface area contributed by atoms with Crippen LogP contribution in [0.25, 0.3) is 22.4 Å². The molecule has 6 nitrogen and oxygen atoms in total. The van der Waals surface area contributed by atoms with Crippen molar-refractivity contribution in [3.63, 3.8) is 0 Å². The fourth-order valence-corrected chi connectivity index (χ4v) is 4.44. The van der Waals surface area contributed by atoms with Gasteiger partial charge in [-0.05, 0) is 55.0 Å². The minimum atomic E-state index is -0.203. The summed E-state index contributed by atoms with van der Waals surface area (Å²) in [5.74, 6) is 1.29. The fraction of sp³-hybridized carbons (Fsp3) is 0.138. The summed E-state index contributed by atoms with van der Waals surface area (Å²) >= 11 is 1.24. The van der Waals surface area contributed by atoms with Gasteiger partial charge in [-0.2, -0.15) is 5.26 Å². The van der Waals surface area contributed by atoms with Crippen molar-refractivity contribution in [2.75, 3.05) is 25.3 Å². The summed E-state index contributed by atoms with van der Waals surface area (Å²) in [7, 11) is 3.20. The maximum absolute atomic E-state index is 12.7. The van der Waals surface area contributed by atoms with Gasteiger partial charge in [-0.25, -0.2) is 4.98 Å². The van der Waals surface area contributed by atoms with E-state index in [1.807, 2.05) is 73.7 Å². The quantitative estimate of drug-likeness (QED) is 0.287. The molecule has 0 bridgehead atoms. The second-order valence-electron chi connectivity index (χ2n) is 8.01. The Bertz CT molecular complexity index is 1410. The average molecular weight is 496 g/mol. The number of methoxy groups -OCH3 is 2. The average Bonchev–Trinajstić information content (AvgIpc) is 2.92. The third kappa shape index (κ3) is 5.85. The molecule has 0 aliphatic carbocycles. The van der Waals surface area contributed by atoms with Crippen molar-refractivity contribution >= 4 is 23.4 Å². The highest BCUT2D eigenvalue weighted by Crippen LogP contribution is 2.35. The molecule has 3 aromatic carbocycles. The first-order chi connectivity index (χ1) is 17.5. The zero-order chi connectivity index (χ0) is 25.5. The monoisotopic (exact) mass is 495 g/mol. The van der Waals surface area contributed by atoms with Gasteiger partial charge in [-0.15, -0.1) is 0 Å². The summed E-state index contributed by atoms with van der Waals surface area (Å²) in [6, 6.07) is 27.0. The van der Waals surface area contributed by atoms with Crippen LogP contribution < -0.4 is 14.8 Å². The first-order valence-corrected chi connectivity index (χ1v) is 12.2. The van der Waals surface area contributed by atoms with Gasteiger partial charge in [0.2, 0.25) is 5.91 Å². The van der Waals surface area contributed by atoms with Gasteiger partial charge in [0, 0.05) is 22.9 Å². The summed E-state index contributed by atoms with van der Waals surface area (Å²) in [4.78, 5) is 17.5. The van der Waals surface area contributed by atoms with Crippen LogP contribution in [0.4, 0.5) is 5.69 Å². The molecule has 7 heteroatoms. The lowest BCUT2D eigenvalue weighted by atomic mass is 9.98. The summed E-state index contributed by atoms with van der Waals surface area (Å²) in [6.07, 6.45) is 0. The number of aromatic nitrogens is 1. The van der Waals surface area contributed by atoms with Crippen LogP contribution in [0.1, 0.15) is 11.1 Å². The SMILES string of the molecule is COc1ccc(-c2cc(-c3ccc(C)cc3)c(C#N)c(SCC(=O)Nc3cccc(OC)c3)n2)cc1. The summed E-state index contributed by atoms with van der Waals surface area (Å²) in [5, 5.41) is 13.4. The highest BCUT2D eigenvalue weighted by Gasteiger charge is 2.17. The van der Waals surface area contributed by atoms with E-state index in [0.29, 0.717) is 27.7 Å². The topological polar surface area (TPSA) is 84.2 Å². The van der Waals surface area contributed by atoms with E-state index in [4.69, 9.17) is 14.5 Å². The van der Waals surface area contributed by atoms with Crippen LogP contribution in [0.2, 0.25) is 0 Å². The van der Waals surface area contributed by atoms with E-state index >= 15 is 0 Å². The predicted octanol–water partition coefficient (Wildman–Crippen LogP) is 6.34. The molecule has 1 aromatic heterocycles. The lowest BCUT2D eigenvalue weighted by Crippen LogP contribution is -2.14. The van der Waals surface area contributed by atoms with E-state index in [0.717, 1.165) is 28.0 Å². The number of hydrogen-bond donors (Lipinski definition) is 1. The van der Waals surface area contributed by atoms with Gasteiger partial charge in [-0.1, -0.05) is 47.7 Å². The third-order valence-electron chi connectivity index (χ3n) is 5.54. The van der Waals surface area contributed by atoms with Crippen molar-refractivity contribution in [2.24, 2.45) is 0 Å². The molecule has 0 unspecified atom stereocenters. The number of amides is 1. The predicted molar refractivity (Wildman–Crippen MR) is 143 cm³/mol. The Kier molecular flexibility index (Phi) is 7.89. The molecule has 0 atom stereocenters. The lowest BCUT2D eigenvalue weighted by Gasteiger charge is -2.13. The van der Waals surface area contributed by atoms with Crippen molar-refractivity contribution in [3.8, 4) is 40.0 Å². The van der Waals surface area contributed by atoms with E-state index in [-0.39, 0.29) is 11.7 Å². The normalized spacial score (nSPS) is 10.4. The number of nitrogens with one attached hydrogen (secondary N) is 1. The molecule has 0 aliphatic rings. The Balaban J connectivity index is 1.67. The Hall–Kier alpha value is -4.28. The van der Waals surface area contributed by atoms with Crippen molar-refractivity contribution < 1.29 is 14.3 Å². The number of carbonyl (C=O) groups excluding carboxylic acids is 1. The molecule has 0 spiro atoms. The molecule has 0 saturated heterocycles. The number of ether oxygens (including phenoxy) is 2. The van der Waals surface area contributed by atoms with Crippen LogP contribution in [0.5, 0.6) is 11.5 Å². The Morgan fingerprint density at radius 1 is 0.944 bits per heavy atom. The zero-order valence-corrected chi connectivity index (χ0v) is 21.1. The standard InChI is InChI=1S/C29H25N3O3S/c1-19-7-9-20(10-8-19)25-16-27(21-11-13-23(34-2)14-12-21)32-29(26(25)17-30)36-18-28(33)31-22-5-4-6-24(15-22)35-3/h4-16H,18H2,1-3H3,(H,31,33). The van der Waals surface area contributed by atoms with Gasteiger partial charge >= 0.3 is 0 Å². The Labute approximate surface area is 214 Å². The maximum atomic E-state index is 12.7.